The van der Waals surface area contributed by atoms with Gasteiger partial charge in [0.1, 0.15) is 5.75 Å². The van der Waals surface area contributed by atoms with Gasteiger partial charge in [0, 0.05) is 19.6 Å². The number of aromatic hydroxyl groups is 1. The zero-order valence-corrected chi connectivity index (χ0v) is 15.5. The van der Waals surface area contributed by atoms with Crippen LogP contribution in [0.3, 0.4) is 0 Å². The summed E-state index contributed by atoms with van der Waals surface area (Å²) in [7, 11) is -3.58. The van der Waals surface area contributed by atoms with Crippen LogP contribution >= 0.6 is 12.4 Å². The van der Waals surface area contributed by atoms with Crippen LogP contribution in [0, 0.1) is 5.92 Å². The highest BCUT2D eigenvalue weighted by Crippen LogP contribution is 2.30. The molecule has 2 heterocycles. The highest BCUT2D eigenvalue weighted by Gasteiger charge is 2.28. The summed E-state index contributed by atoms with van der Waals surface area (Å²) >= 11 is 0. The number of phenolic OH excluding ortho intramolecular Hbond substituents is 1. The Balaban J connectivity index is 0.00000225. The van der Waals surface area contributed by atoms with Gasteiger partial charge in [-0.25, -0.2) is 8.42 Å². The topological polar surface area (TPSA) is 98.7 Å². The van der Waals surface area contributed by atoms with Gasteiger partial charge in [0.25, 0.3) is 0 Å². The average Bonchev–Trinajstić information content (AvgIpc) is 3.13. The average molecular weight is 390 g/mol. The van der Waals surface area contributed by atoms with Crippen molar-refractivity contribution < 1.29 is 18.3 Å². The SMILES string of the molecule is Cl.O=C(Nc1cc(S(=O)(=O)N2CCCC2)ccc1O)C1CCCNC1. The number of piperidine rings is 1. The summed E-state index contributed by atoms with van der Waals surface area (Å²) in [5, 5.41) is 15.8. The molecule has 9 heteroatoms. The number of anilines is 1. The first-order valence-electron chi connectivity index (χ1n) is 8.33. The number of carbonyl (C=O) groups excluding carboxylic acids is 1. The lowest BCUT2D eigenvalue weighted by molar-refractivity contribution is -0.120. The molecule has 0 radical (unpaired) electrons. The van der Waals surface area contributed by atoms with Crippen LogP contribution in [0.15, 0.2) is 23.1 Å². The Morgan fingerprint density at radius 3 is 2.60 bits per heavy atom. The molecule has 2 aliphatic heterocycles. The number of hydrogen-bond donors (Lipinski definition) is 3. The van der Waals surface area contributed by atoms with Gasteiger partial charge < -0.3 is 15.7 Å². The van der Waals surface area contributed by atoms with Gasteiger partial charge in [-0.15, -0.1) is 12.4 Å². The van der Waals surface area contributed by atoms with Gasteiger partial charge in [-0.1, -0.05) is 0 Å². The Bertz CT molecular complexity index is 714. The summed E-state index contributed by atoms with van der Waals surface area (Å²) in [6.45, 7) is 2.52. The summed E-state index contributed by atoms with van der Waals surface area (Å²) in [4.78, 5) is 12.4. The lowest BCUT2D eigenvalue weighted by Gasteiger charge is -2.22. The maximum atomic E-state index is 12.6. The number of benzene rings is 1. The Morgan fingerprint density at radius 2 is 1.96 bits per heavy atom. The molecule has 3 rings (SSSR count). The summed E-state index contributed by atoms with van der Waals surface area (Å²) in [5.41, 5.74) is 0.144. The summed E-state index contributed by atoms with van der Waals surface area (Å²) < 4.78 is 26.7. The van der Waals surface area contributed by atoms with Crippen LogP contribution in [0.1, 0.15) is 25.7 Å². The fraction of sp³-hybridized carbons (Fsp3) is 0.562. The van der Waals surface area contributed by atoms with Crippen molar-refractivity contribution in [1.29, 1.82) is 0 Å². The summed E-state index contributed by atoms with van der Waals surface area (Å²) in [6.07, 6.45) is 3.42. The van der Waals surface area contributed by atoms with E-state index in [2.05, 4.69) is 10.6 Å². The van der Waals surface area contributed by atoms with Gasteiger partial charge in [-0.3, -0.25) is 4.79 Å². The van der Waals surface area contributed by atoms with Crippen LogP contribution in [-0.4, -0.2) is 49.9 Å². The van der Waals surface area contributed by atoms with Gasteiger partial charge in [-0.05, 0) is 50.4 Å². The van der Waals surface area contributed by atoms with Crippen LogP contribution in [0.25, 0.3) is 0 Å². The van der Waals surface area contributed by atoms with Gasteiger partial charge in [0.05, 0.1) is 16.5 Å². The van der Waals surface area contributed by atoms with E-state index < -0.39 is 10.0 Å². The fourth-order valence-corrected chi connectivity index (χ4v) is 4.71. The van der Waals surface area contributed by atoms with Crippen LogP contribution in [0.4, 0.5) is 5.69 Å². The third-order valence-corrected chi connectivity index (χ3v) is 6.49. The smallest absolute Gasteiger partial charge is 0.243 e. The second-order valence-corrected chi connectivity index (χ2v) is 8.26. The van der Waals surface area contributed by atoms with Crippen molar-refractivity contribution in [2.45, 2.75) is 30.6 Å². The highest BCUT2D eigenvalue weighted by atomic mass is 35.5. The number of carbonyl (C=O) groups is 1. The predicted molar refractivity (Wildman–Crippen MR) is 97.6 cm³/mol. The summed E-state index contributed by atoms with van der Waals surface area (Å²) in [6, 6.07) is 4.04. The van der Waals surface area contributed by atoms with Crippen LogP contribution < -0.4 is 10.6 Å². The minimum absolute atomic E-state index is 0. The van der Waals surface area contributed by atoms with Crippen molar-refractivity contribution in [3.8, 4) is 5.75 Å². The normalized spacial score (nSPS) is 21.5. The number of phenols is 1. The predicted octanol–water partition coefficient (Wildman–Crippen LogP) is 1.54. The molecule has 0 aromatic heterocycles. The van der Waals surface area contributed by atoms with Crippen molar-refractivity contribution >= 4 is 34.0 Å². The highest BCUT2D eigenvalue weighted by molar-refractivity contribution is 7.89. The molecule has 0 saturated carbocycles. The molecule has 1 atom stereocenters. The van der Waals surface area contributed by atoms with Gasteiger partial charge in [0.2, 0.25) is 15.9 Å². The van der Waals surface area contributed by atoms with Crippen LogP contribution in [0.2, 0.25) is 0 Å². The molecular formula is C16H24ClN3O4S. The first-order chi connectivity index (χ1) is 11.5. The molecule has 25 heavy (non-hydrogen) atoms. The molecule has 140 valence electrons. The fourth-order valence-electron chi connectivity index (χ4n) is 3.16. The zero-order valence-electron chi connectivity index (χ0n) is 13.9. The van der Waals surface area contributed by atoms with E-state index in [0.29, 0.717) is 19.6 Å². The van der Waals surface area contributed by atoms with Crippen LogP contribution in [-0.2, 0) is 14.8 Å². The van der Waals surface area contributed by atoms with Crippen molar-refractivity contribution in [1.82, 2.24) is 9.62 Å². The molecule has 7 nitrogen and oxygen atoms in total. The molecule has 1 amide bonds. The minimum atomic E-state index is -3.58. The minimum Gasteiger partial charge on any atom is -0.506 e. The number of amides is 1. The number of rotatable bonds is 4. The number of nitrogens with one attached hydrogen (secondary N) is 2. The Kier molecular flexibility index (Phi) is 6.67. The molecular weight excluding hydrogens is 366 g/mol. The lowest BCUT2D eigenvalue weighted by Crippen LogP contribution is -2.37. The monoisotopic (exact) mass is 389 g/mol. The van der Waals surface area contributed by atoms with Crippen molar-refractivity contribution in [3.05, 3.63) is 18.2 Å². The second kappa shape index (κ2) is 8.35. The molecule has 0 bridgehead atoms. The first kappa shape index (κ1) is 20.0. The van der Waals surface area contributed by atoms with Gasteiger partial charge >= 0.3 is 0 Å². The van der Waals surface area contributed by atoms with E-state index in [9.17, 15) is 18.3 Å². The molecule has 2 saturated heterocycles. The van der Waals surface area contributed by atoms with E-state index in [1.807, 2.05) is 0 Å². The first-order valence-corrected chi connectivity index (χ1v) is 9.77. The number of sulfonamides is 1. The molecule has 2 aliphatic rings. The van der Waals surface area contributed by atoms with Gasteiger partial charge in [0.15, 0.2) is 0 Å². The van der Waals surface area contributed by atoms with E-state index in [4.69, 9.17) is 0 Å². The Morgan fingerprint density at radius 1 is 1.24 bits per heavy atom. The third-order valence-electron chi connectivity index (χ3n) is 4.60. The molecule has 1 unspecified atom stereocenters. The maximum absolute atomic E-state index is 12.6. The standard InChI is InChI=1S/C16H23N3O4S.ClH/c20-15-6-5-13(24(22,23)19-8-1-2-9-19)10-14(15)18-16(21)12-4-3-7-17-11-12;/h5-6,10,12,17,20H,1-4,7-9,11H2,(H,18,21);1H. The Labute approximate surface area is 154 Å². The summed E-state index contributed by atoms with van der Waals surface area (Å²) in [5.74, 6) is -0.502. The molecule has 2 fully saturated rings. The third kappa shape index (κ3) is 4.44. The van der Waals surface area contributed by atoms with Gasteiger partial charge in [-0.2, -0.15) is 4.31 Å². The molecule has 0 aliphatic carbocycles. The van der Waals surface area contributed by atoms with Crippen LogP contribution in [0.5, 0.6) is 5.75 Å². The molecule has 1 aromatic carbocycles. The van der Waals surface area contributed by atoms with E-state index in [1.165, 1.54) is 22.5 Å². The molecule has 0 spiro atoms. The second-order valence-electron chi connectivity index (χ2n) is 6.32. The molecule has 3 N–H and O–H groups in total. The van der Waals surface area contributed by atoms with E-state index in [-0.39, 0.29) is 40.6 Å². The van der Waals surface area contributed by atoms with E-state index in [1.54, 1.807) is 0 Å². The number of halogens is 1. The lowest BCUT2D eigenvalue weighted by atomic mass is 9.99. The zero-order chi connectivity index (χ0) is 17.2. The van der Waals surface area contributed by atoms with E-state index in [0.717, 1.165) is 32.2 Å². The van der Waals surface area contributed by atoms with Crippen molar-refractivity contribution in [2.75, 3.05) is 31.5 Å². The van der Waals surface area contributed by atoms with E-state index >= 15 is 0 Å². The van der Waals surface area contributed by atoms with Crippen molar-refractivity contribution in [3.63, 3.8) is 0 Å². The molecule has 1 aromatic rings. The largest absolute Gasteiger partial charge is 0.506 e. The quantitative estimate of drug-likeness (QED) is 0.678. The number of nitrogens with zero attached hydrogens (tertiary/aromatic N) is 1. The Hall–Kier alpha value is -1.35. The maximum Gasteiger partial charge on any atom is 0.243 e. The van der Waals surface area contributed by atoms with Crippen molar-refractivity contribution in [2.24, 2.45) is 5.92 Å². The number of hydrogen-bond acceptors (Lipinski definition) is 5.